The van der Waals surface area contributed by atoms with E-state index in [1.807, 2.05) is 12.1 Å². The number of hydrogen-bond donors (Lipinski definition) is 5. The normalized spacial score (nSPS) is 25.5. The number of halogens is 1. The molecule has 1 aliphatic heterocycles. The molecule has 0 aliphatic carbocycles. The molecule has 2 aromatic rings. The zero-order valence-corrected chi connectivity index (χ0v) is 18.5. The van der Waals surface area contributed by atoms with Gasteiger partial charge in [0.25, 0.3) is 0 Å². The van der Waals surface area contributed by atoms with E-state index in [4.69, 9.17) is 26.8 Å². The number of hydrogen-bond acceptors (Lipinski definition) is 8. The van der Waals surface area contributed by atoms with Crippen molar-refractivity contribution in [3.8, 4) is 5.75 Å². The Morgan fingerprint density at radius 1 is 1.12 bits per heavy atom. The van der Waals surface area contributed by atoms with Gasteiger partial charge in [0.05, 0.1) is 6.61 Å². The standard InChI is InChI=1S/C24H27ClN2O6/c1-14(27-10-2-9-26)32-18-6-3-15(4-7-18)11-17-12-16(5-8-19(17)25)24-23(31)22(30)21(29)20(13-28)33-24/h2-10,12,20-24,28-31H,1,11,13,26H2/b9-2-,27-10-/t20-,21-,22+,23-,24+/m1/s1. The van der Waals surface area contributed by atoms with Crippen molar-refractivity contribution in [2.24, 2.45) is 10.7 Å². The summed E-state index contributed by atoms with van der Waals surface area (Å²) in [5.74, 6) is 0.787. The van der Waals surface area contributed by atoms with Crippen molar-refractivity contribution in [2.45, 2.75) is 36.9 Å². The number of ether oxygens (including phenoxy) is 2. The van der Waals surface area contributed by atoms with Gasteiger partial charge in [0.1, 0.15) is 36.3 Å². The van der Waals surface area contributed by atoms with Gasteiger partial charge in [0.2, 0.25) is 5.88 Å². The number of rotatable bonds is 8. The summed E-state index contributed by atoms with van der Waals surface area (Å²) in [5.41, 5.74) is 7.55. The highest BCUT2D eigenvalue weighted by Gasteiger charge is 2.44. The monoisotopic (exact) mass is 474 g/mol. The Hall–Kier alpha value is -2.72. The lowest BCUT2D eigenvalue weighted by Gasteiger charge is -2.40. The minimum absolute atomic E-state index is 0.219. The van der Waals surface area contributed by atoms with E-state index < -0.39 is 37.1 Å². The van der Waals surface area contributed by atoms with Gasteiger partial charge in [0.15, 0.2) is 0 Å². The van der Waals surface area contributed by atoms with Gasteiger partial charge in [-0.25, -0.2) is 4.99 Å². The molecular formula is C24H27ClN2O6. The quantitative estimate of drug-likeness (QED) is 0.290. The Bertz CT molecular complexity index is 1010. The molecule has 2 aromatic carbocycles. The molecule has 1 fully saturated rings. The van der Waals surface area contributed by atoms with Crippen molar-refractivity contribution in [2.75, 3.05) is 6.61 Å². The molecule has 1 aliphatic rings. The molecule has 0 spiro atoms. The molecule has 5 atom stereocenters. The zero-order valence-electron chi connectivity index (χ0n) is 17.8. The van der Waals surface area contributed by atoms with Gasteiger partial charge >= 0.3 is 0 Å². The van der Waals surface area contributed by atoms with Crippen LogP contribution in [0, 0.1) is 0 Å². The van der Waals surface area contributed by atoms with E-state index in [9.17, 15) is 20.4 Å². The molecule has 0 aromatic heterocycles. The maximum atomic E-state index is 10.4. The van der Waals surface area contributed by atoms with Crippen LogP contribution in [-0.4, -0.2) is 57.7 Å². The third-order valence-corrected chi connectivity index (χ3v) is 5.63. The van der Waals surface area contributed by atoms with Crippen LogP contribution in [0.2, 0.25) is 5.02 Å². The summed E-state index contributed by atoms with van der Waals surface area (Å²) >= 11 is 6.39. The van der Waals surface area contributed by atoms with Crippen LogP contribution in [0.5, 0.6) is 5.75 Å². The second kappa shape index (κ2) is 11.4. The molecule has 1 saturated heterocycles. The molecular weight excluding hydrogens is 448 g/mol. The molecule has 0 unspecified atom stereocenters. The minimum Gasteiger partial charge on any atom is -0.440 e. The molecule has 8 nitrogen and oxygen atoms in total. The summed E-state index contributed by atoms with van der Waals surface area (Å²) in [4.78, 5) is 3.99. The number of aliphatic hydroxyl groups is 4. The minimum atomic E-state index is -1.45. The molecule has 1 heterocycles. The molecule has 0 saturated carbocycles. The third-order valence-electron chi connectivity index (χ3n) is 5.26. The number of benzene rings is 2. The van der Waals surface area contributed by atoms with Crippen molar-refractivity contribution >= 4 is 17.8 Å². The highest BCUT2D eigenvalue weighted by atomic mass is 35.5. The lowest BCUT2D eigenvalue weighted by molar-refractivity contribution is -0.231. The van der Waals surface area contributed by atoms with Crippen molar-refractivity contribution in [1.29, 1.82) is 0 Å². The van der Waals surface area contributed by atoms with Crippen LogP contribution in [0.1, 0.15) is 22.8 Å². The van der Waals surface area contributed by atoms with Crippen LogP contribution in [0.3, 0.4) is 0 Å². The fourth-order valence-corrected chi connectivity index (χ4v) is 3.70. The smallest absolute Gasteiger partial charge is 0.211 e. The lowest BCUT2D eigenvalue weighted by Crippen LogP contribution is -2.55. The summed E-state index contributed by atoms with van der Waals surface area (Å²) in [7, 11) is 0. The summed E-state index contributed by atoms with van der Waals surface area (Å²) in [5, 5.41) is 40.4. The second-order valence-corrected chi connectivity index (χ2v) is 7.99. The van der Waals surface area contributed by atoms with Crippen LogP contribution in [0.25, 0.3) is 0 Å². The molecule has 3 rings (SSSR count). The average molecular weight is 475 g/mol. The summed E-state index contributed by atoms with van der Waals surface area (Å²) in [6.07, 6.45) is -1.25. The number of aliphatic hydroxyl groups excluding tert-OH is 4. The lowest BCUT2D eigenvalue weighted by atomic mass is 9.90. The van der Waals surface area contributed by atoms with Gasteiger partial charge in [-0.15, -0.1) is 0 Å². The van der Waals surface area contributed by atoms with Gasteiger partial charge in [-0.3, -0.25) is 0 Å². The molecule has 33 heavy (non-hydrogen) atoms. The molecule has 0 radical (unpaired) electrons. The largest absolute Gasteiger partial charge is 0.440 e. The fraction of sp³-hybridized carbons (Fsp3) is 0.292. The predicted octanol–water partition coefficient (Wildman–Crippen LogP) is 1.84. The zero-order chi connectivity index (χ0) is 24.0. The van der Waals surface area contributed by atoms with Crippen molar-refractivity contribution in [3.05, 3.63) is 88.9 Å². The number of nitrogens with zero attached hydrogens (tertiary/aromatic N) is 1. The Labute approximate surface area is 196 Å². The average Bonchev–Trinajstić information content (AvgIpc) is 2.81. The Kier molecular flexibility index (Phi) is 8.62. The van der Waals surface area contributed by atoms with Crippen molar-refractivity contribution in [1.82, 2.24) is 0 Å². The second-order valence-electron chi connectivity index (χ2n) is 7.58. The van der Waals surface area contributed by atoms with Crippen molar-refractivity contribution in [3.63, 3.8) is 0 Å². The molecule has 0 bridgehead atoms. The maximum absolute atomic E-state index is 10.4. The summed E-state index contributed by atoms with van der Waals surface area (Å²) in [6.45, 7) is 3.22. The molecule has 176 valence electrons. The van der Waals surface area contributed by atoms with Crippen LogP contribution < -0.4 is 10.5 Å². The number of nitrogens with two attached hydrogens (primary N) is 1. The fourth-order valence-electron chi connectivity index (χ4n) is 3.52. The van der Waals surface area contributed by atoms with Crippen LogP contribution in [0.4, 0.5) is 0 Å². The van der Waals surface area contributed by atoms with Crippen LogP contribution in [-0.2, 0) is 11.2 Å². The van der Waals surface area contributed by atoms with E-state index >= 15 is 0 Å². The Balaban J connectivity index is 1.73. The Morgan fingerprint density at radius 3 is 2.52 bits per heavy atom. The first-order valence-electron chi connectivity index (χ1n) is 10.3. The first-order valence-corrected chi connectivity index (χ1v) is 10.7. The molecule has 0 amide bonds. The van der Waals surface area contributed by atoms with Gasteiger partial charge < -0.3 is 35.6 Å². The maximum Gasteiger partial charge on any atom is 0.211 e. The molecule has 6 N–H and O–H groups in total. The highest BCUT2D eigenvalue weighted by molar-refractivity contribution is 6.31. The SMILES string of the molecule is C=C(/N=C\C=C/N)Oc1ccc(Cc2cc([C@@H]3O[C@H](CO)[C@@H](O)[C@H](O)[C@H]3O)ccc2Cl)cc1. The van der Waals surface area contributed by atoms with E-state index in [0.29, 0.717) is 22.8 Å². The third kappa shape index (κ3) is 6.20. The van der Waals surface area contributed by atoms with E-state index in [0.717, 1.165) is 11.1 Å². The van der Waals surface area contributed by atoms with E-state index in [1.54, 1.807) is 36.4 Å². The van der Waals surface area contributed by atoms with E-state index in [1.165, 1.54) is 12.4 Å². The van der Waals surface area contributed by atoms with Gasteiger partial charge in [-0.2, -0.15) is 0 Å². The Morgan fingerprint density at radius 2 is 1.85 bits per heavy atom. The van der Waals surface area contributed by atoms with E-state index in [2.05, 4.69) is 11.6 Å². The molecule has 9 heteroatoms. The van der Waals surface area contributed by atoms with Crippen LogP contribution in [0.15, 0.2) is 72.2 Å². The van der Waals surface area contributed by atoms with Crippen LogP contribution >= 0.6 is 11.6 Å². The number of allylic oxidation sites excluding steroid dienone is 1. The van der Waals surface area contributed by atoms with E-state index in [-0.39, 0.29) is 5.88 Å². The highest BCUT2D eigenvalue weighted by Crippen LogP contribution is 2.34. The first-order chi connectivity index (χ1) is 15.8. The van der Waals surface area contributed by atoms with Gasteiger partial charge in [-0.05, 0) is 60.2 Å². The predicted molar refractivity (Wildman–Crippen MR) is 125 cm³/mol. The summed E-state index contributed by atoms with van der Waals surface area (Å²) < 4.78 is 11.2. The van der Waals surface area contributed by atoms with Gasteiger partial charge in [-0.1, -0.05) is 35.9 Å². The topological polar surface area (TPSA) is 138 Å². The first kappa shape index (κ1) is 24.9. The van der Waals surface area contributed by atoms with Crippen molar-refractivity contribution < 1.29 is 29.9 Å². The summed E-state index contributed by atoms with van der Waals surface area (Å²) in [6, 6.07) is 12.5. The van der Waals surface area contributed by atoms with Gasteiger partial charge in [0, 0.05) is 11.2 Å². The number of aliphatic imine (C=N–C) groups is 1.